The van der Waals surface area contributed by atoms with E-state index in [2.05, 4.69) is 16.9 Å². The second kappa shape index (κ2) is 6.50. The van der Waals surface area contributed by atoms with Crippen molar-refractivity contribution < 1.29 is 9.47 Å². The maximum absolute atomic E-state index is 5.94. The Kier molecular flexibility index (Phi) is 4.71. The summed E-state index contributed by atoms with van der Waals surface area (Å²) in [5, 5.41) is 0.339. The molecule has 4 nitrogen and oxygen atoms in total. The van der Waals surface area contributed by atoms with Gasteiger partial charge in [-0.3, -0.25) is 0 Å². The van der Waals surface area contributed by atoms with Crippen LogP contribution in [0.25, 0.3) is 0 Å². The van der Waals surface area contributed by atoms with E-state index >= 15 is 0 Å². The lowest BCUT2D eigenvalue weighted by Gasteiger charge is -2.10. The molecule has 2 aromatic rings. The zero-order chi connectivity index (χ0) is 13.7. The minimum atomic E-state index is 0.298. The zero-order valence-electron chi connectivity index (χ0n) is 10.9. The van der Waals surface area contributed by atoms with Crippen molar-refractivity contribution in [3.63, 3.8) is 0 Å². The third-order valence-electron chi connectivity index (χ3n) is 2.56. The fraction of sp³-hybridized carbons (Fsp3) is 0.286. The largest absolute Gasteiger partial charge is 0.439 e. The average molecular weight is 279 g/mol. The van der Waals surface area contributed by atoms with Crippen molar-refractivity contribution in [3.8, 4) is 11.6 Å². The number of halogens is 1. The van der Waals surface area contributed by atoms with E-state index in [9.17, 15) is 0 Å². The molecule has 0 aliphatic rings. The SMILES string of the molecule is CCc1ccccc1Oc1cc(Cl)nc(COC)n1. The number of benzene rings is 1. The second-order valence-electron chi connectivity index (χ2n) is 3.94. The molecule has 5 heteroatoms. The molecule has 0 aliphatic heterocycles. The van der Waals surface area contributed by atoms with Crippen LogP contribution in [0, 0.1) is 0 Å². The van der Waals surface area contributed by atoms with Crippen LogP contribution in [-0.2, 0) is 17.8 Å². The van der Waals surface area contributed by atoms with Crippen LogP contribution in [0.3, 0.4) is 0 Å². The van der Waals surface area contributed by atoms with Gasteiger partial charge in [-0.15, -0.1) is 0 Å². The normalized spacial score (nSPS) is 10.5. The molecule has 0 fully saturated rings. The van der Waals surface area contributed by atoms with Gasteiger partial charge in [-0.1, -0.05) is 36.7 Å². The van der Waals surface area contributed by atoms with E-state index < -0.39 is 0 Å². The Morgan fingerprint density at radius 1 is 1.21 bits per heavy atom. The lowest BCUT2D eigenvalue weighted by atomic mass is 10.1. The van der Waals surface area contributed by atoms with Gasteiger partial charge >= 0.3 is 0 Å². The Morgan fingerprint density at radius 2 is 2.00 bits per heavy atom. The molecule has 1 aromatic heterocycles. The summed E-state index contributed by atoms with van der Waals surface area (Å²) in [5.41, 5.74) is 1.12. The van der Waals surface area contributed by atoms with Gasteiger partial charge in [-0.05, 0) is 18.1 Å². The Hall–Kier alpha value is -1.65. The van der Waals surface area contributed by atoms with Gasteiger partial charge in [0.05, 0.1) is 0 Å². The number of hydrogen-bond donors (Lipinski definition) is 0. The van der Waals surface area contributed by atoms with Crippen molar-refractivity contribution in [2.24, 2.45) is 0 Å². The molecule has 0 saturated carbocycles. The average Bonchev–Trinajstić information content (AvgIpc) is 2.39. The van der Waals surface area contributed by atoms with Crippen LogP contribution in [0.1, 0.15) is 18.3 Å². The number of ether oxygens (including phenoxy) is 2. The van der Waals surface area contributed by atoms with E-state index in [1.54, 1.807) is 13.2 Å². The van der Waals surface area contributed by atoms with Gasteiger partial charge in [0.25, 0.3) is 0 Å². The number of para-hydroxylation sites is 1. The molecule has 0 bridgehead atoms. The summed E-state index contributed by atoms with van der Waals surface area (Å²) in [6.07, 6.45) is 0.889. The van der Waals surface area contributed by atoms with Crippen LogP contribution < -0.4 is 4.74 Å². The number of rotatable bonds is 5. The predicted octanol–water partition coefficient (Wildman–Crippen LogP) is 3.63. The van der Waals surface area contributed by atoms with E-state index in [0.717, 1.165) is 17.7 Å². The fourth-order valence-corrected chi connectivity index (χ4v) is 1.89. The Bertz CT molecular complexity index is 561. The summed E-state index contributed by atoms with van der Waals surface area (Å²) in [6, 6.07) is 9.43. The van der Waals surface area contributed by atoms with E-state index in [4.69, 9.17) is 21.1 Å². The molecule has 1 aromatic carbocycles. The minimum absolute atomic E-state index is 0.298. The van der Waals surface area contributed by atoms with E-state index in [1.165, 1.54) is 0 Å². The molecule has 0 spiro atoms. The van der Waals surface area contributed by atoms with Crippen LogP contribution in [0.2, 0.25) is 5.15 Å². The van der Waals surface area contributed by atoms with Crippen molar-refractivity contribution in [1.29, 1.82) is 0 Å². The van der Waals surface area contributed by atoms with E-state index in [0.29, 0.717) is 23.5 Å². The highest BCUT2D eigenvalue weighted by Gasteiger charge is 2.07. The molecule has 0 radical (unpaired) electrons. The van der Waals surface area contributed by atoms with Crippen molar-refractivity contribution >= 4 is 11.6 Å². The first kappa shape index (κ1) is 13.8. The van der Waals surface area contributed by atoms with Crippen molar-refractivity contribution in [3.05, 3.63) is 46.9 Å². The summed E-state index contributed by atoms with van der Waals surface area (Å²) in [7, 11) is 1.58. The Labute approximate surface area is 117 Å². The summed E-state index contributed by atoms with van der Waals surface area (Å²) in [4.78, 5) is 8.31. The van der Waals surface area contributed by atoms with Crippen molar-refractivity contribution in [2.45, 2.75) is 20.0 Å². The van der Waals surface area contributed by atoms with Crippen LogP contribution in [0.4, 0.5) is 0 Å². The number of aromatic nitrogens is 2. The van der Waals surface area contributed by atoms with Gasteiger partial charge in [-0.25, -0.2) is 4.98 Å². The molecule has 0 saturated heterocycles. The highest BCUT2D eigenvalue weighted by atomic mass is 35.5. The maximum Gasteiger partial charge on any atom is 0.224 e. The molecule has 19 heavy (non-hydrogen) atoms. The third kappa shape index (κ3) is 3.66. The van der Waals surface area contributed by atoms with Gasteiger partial charge in [0.2, 0.25) is 5.88 Å². The van der Waals surface area contributed by atoms with Crippen LogP contribution in [-0.4, -0.2) is 17.1 Å². The number of aryl methyl sites for hydroxylation is 1. The summed E-state index contributed by atoms with van der Waals surface area (Å²) in [5.74, 6) is 1.70. The van der Waals surface area contributed by atoms with Crippen LogP contribution in [0.5, 0.6) is 11.6 Å². The smallest absolute Gasteiger partial charge is 0.224 e. The predicted molar refractivity (Wildman–Crippen MR) is 73.6 cm³/mol. The van der Waals surface area contributed by atoms with Crippen LogP contribution in [0.15, 0.2) is 30.3 Å². The van der Waals surface area contributed by atoms with Crippen molar-refractivity contribution in [1.82, 2.24) is 9.97 Å². The highest BCUT2D eigenvalue weighted by molar-refractivity contribution is 6.29. The molecule has 2 rings (SSSR count). The minimum Gasteiger partial charge on any atom is -0.439 e. The molecule has 100 valence electrons. The molecular weight excluding hydrogens is 264 g/mol. The van der Waals surface area contributed by atoms with Gasteiger partial charge in [-0.2, -0.15) is 4.98 Å². The summed E-state index contributed by atoms with van der Waals surface area (Å²) >= 11 is 5.94. The van der Waals surface area contributed by atoms with E-state index in [-0.39, 0.29) is 0 Å². The summed E-state index contributed by atoms with van der Waals surface area (Å²) in [6.45, 7) is 2.37. The standard InChI is InChI=1S/C14H15ClN2O2/c1-3-10-6-4-5-7-11(10)19-14-8-12(15)16-13(17-14)9-18-2/h4-8H,3,9H2,1-2H3. The van der Waals surface area contributed by atoms with Gasteiger partial charge in [0, 0.05) is 13.2 Å². The number of hydrogen-bond acceptors (Lipinski definition) is 4. The van der Waals surface area contributed by atoms with Crippen LogP contribution >= 0.6 is 11.6 Å². The first-order valence-electron chi connectivity index (χ1n) is 6.01. The lowest BCUT2D eigenvalue weighted by Crippen LogP contribution is -2.00. The lowest BCUT2D eigenvalue weighted by molar-refractivity contribution is 0.177. The highest BCUT2D eigenvalue weighted by Crippen LogP contribution is 2.25. The molecule has 0 atom stereocenters. The monoisotopic (exact) mass is 278 g/mol. The number of methoxy groups -OCH3 is 1. The Balaban J connectivity index is 2.27. The molecule has 0 amide bonds. The van der Waals surface area contributed by atoms with Gasteiger partial charge in [0.15, 0.2) is 5.82 Å². The molecule has 0 aliphatic carbocycles. The maximum atomic E-state index is 5.94. The second-order valence-corrected chi connectivity index (χ2v) is 4.33. The topological polar surface area (TPSA) is 44.2 Å². The summed E-state index contributed by atoms with van der Waals surface area (Å²) < 4.78 is 10.8. The van der Waals surface area contributed by atoms with Gasteiger partial charge < -0.3 is 9.47 Å². The molecular formula is C14H15ClN2O2. The molecule has 0 N–H and O–H groups in total. The van der Waals surface area contributed by atoms with E-state index in [1.807, 2.05) is 24.3 Å². The Morgan fingerprint density at radius 3 is 2.74 bits per heavy atom. The van der Waals surface area contributed by atoms with Gasteiger partial charge in [0.1, 0.15) is 17.5 Å². The molecule has 0 unspecified atom stereocenters. The molecule has 1 heterocycles. The fourth-order valence-electron chi connectivity index (χ4n) is 1.70. The first-order valence-corrected chi connectivity index (χ1v) is 6.39. The number of nitrogens with zero attached hydrogens (tertiary/aromatic N) is 2. The van der Waals surface area contributed by atoms with Crippen molar-refractivity contribution in [2.75, 3.05) is 7.11 Å². The third-order valence-corrected chi connectivity index (χ3v) is 2.75. The first-order chi connectivity index (χ1) is 9.22. The zero-order valence-corrected chi connectivity index (χ0v) is 11.6. The quantitative estimate of drug-likeness (QED) is 0.784.